The zero-order valence-electron chi connectivity index (χ0n) is 16.5. The molecule has 1 fully saturated rings. The van der Waals surface area contributed by atoms with E-state index in [0.29, 0.717) is 18.8 Å². The Morgan fingerprint density at radius 3 is 2.53 bits per heavy atom. The molecule has 30 heavy (non-hydrogen) atoms. The van der Waals surface area contributed by atoms with E-state index in [1.165, 1.54) is 16.4 Å². The summed E-state index contributed by atoms with van der Waals surface area (Å²) in [6, 6.07) is 13.6. The van der Waals surface area contributed by atoms with Crippen molar-refractivity contribution in [1.29, 1.82) is 0 Å². The molecule has 2 aromatic carbocycles. The van der Waals surface area contributed by atoms with Gasteiger partial charge in [0.1, 0.15) is 0 Å². The standard InChI is InChI=1S/C21H22N4O4S/c1-15(29-21-19-7-3-2-6-16(19)14-22-24-21)20(26)23-17-8-10-18(11-9-17)30(27,28)25-12-4-5-13-25/h2-3,6-11,14-15H,4-5,12-13H2,1H3,(H,23,26). The van der Waals surface area contributed by atoms with Gasteiger partial charge in [0.2, 0.25) is 15.9 Å². The topological polar surface area (TPSA) is 101 Å². The van der Waals surface area contributed by atoms with Gasteiger partial charge in [-0.15, -0.1) is 5.10 Å². The Bertz CT molecular complexity index is 1150. The molecule has 0 aliphatic carbocycles. The first-order valence-electron chi connectivity index (χ1n) is 9.73. The maximum Gasteiger partial charge on any atom is 0.265 e. The molecule has 1 aliphatic heterocycles. The van der Waals surface area contributed by atoms with E-state index in [2.05, 4.69) is 15.5 Å². The zero-order valence-corrected chi connectivity index (χ0v) is 17.3. The molecule has 0 bridgehead atoms. The van der Waals surface area contributed by atoms with Gasteiger partial charge in [-0.3, -0.25) is 4.79 Å². The van der Waals surface area contributed by atoms with Crippen molar-refractivity contribution in [2.75, 3.05) is 18.4 Å². The molecule has 0 spiro atoms. The summed E-state index contributed by atoms with van der Waals surface area (Å²) in [5.74, 6) is -0.0947. The second-order valence-electron chi connectivity index (χ2n) is 7.12. The van der Waals surface area contributed by atoms with Crippen molar-refractivity contribution < 1.29 is 17.9 Å². The second kappa shape index (κ2) is 8.37. The molecule has 9 heteroatoms. The van der Waals surface area contributed by atoms with Gasteiger partial charge < -0.3 is 10.1 Å². The molecule has 1 unspecified atom stereocenters. The van der Waals surface area contributed by atoms with Crippen molar-refractivity contribution in [2.24, 2.45) is 0 Å². The van der Waals surface area contributed by atoms with Crippen LogP contribution in [0.3, 0.4) is 0 Å². The summed E-state index contributed by atoms with van der Waals surface area (Å²) < 4.78 is 32.4. The van der Waals surface area contributed by atoms with Crippen molar-refractivity contribution in [3.05, 3.63) is 54.7 Å². The first-order valence-corrected chi connectivity index (χ1v) is 11.2. The third-order valence-corrected chi connectivity index (χ3v) is 6.93. The van der Waals surface area contributed by atoms with Gasteiger partial charge in [-0.1, -0.05) is 18.2 Å². The van der Waals surface area contributed by atoms with E-state index in [4.69, 9.17) is 4.74 Å². The van der Waals surface area contributed by atoms with Crippen LogP contribution in [0.1, 0.15) is 19.8 Å². The number of amides is 1. The number of sulfonamides is 1. The summed E-state index contributed by atoms with van der Waals surface area (Å²) in [7, 11) is -3.48. The van der Waals surface area contributed by atoms with Crippen LogP contribution in [0.25, 0.3) is 10.8 Å². The molecule has 156 valence electrons. The molecule has 1 aromatic heterocycles. The summed E-state index contributed by atoms with van der Waals surface area (Å²) in [4.78, 5) is 12.8. The third kappa shape index (κ3) is 4.12. The molecule has 1 amide bonds. The van der Waals surface area contributed by atoms with E-state index in [-0.39, 0.29) is 16.7 Å². The summed E-state index contributed by atoms with van der Waals surface area (Å²) in [6.07, 6.45) is 2.57. The fraction of sp³-hybridized carbons (Fsp3) is 0.286. The number of benzene rings is 2. The predicted octanol–water partition coefficient (Wildman–Crippen LogP) is 2.82. The van der Waals surface area contributed by atoms with Gasteiger partial charge in [0.15, 0.2) is 6.10 Å². The van der Waals surface area contributed by atoms with Crippen LogP contribution in [-0.2, 0) is 14.8 Å². The molecule has 0 saturated carbocycles. The number of aromatic nitrogens is 2. The monoisotopic (exact) mass is 426 g/mol. The normalized spacial score (nSPS) is 15.8. The van der Waals surface area contributed by atoms with Crippen molar-refractivity contribution in [2.45, 2.75) is 30.8 Å². The number of carbonyl (C=O) groups is 1. The maximum absolute atomic E-state index is 12.6. The molecular weight excluding hydrogens is 404 g/mol. The van der Waals surface area contributed by atoms with Gasteiger partial charge in [0, 0.05) is 29.5 Å². The Labute approximate surface area is 174 Å². The second-order valence-corrected chi connectivity index (χ2v) is 9.06. The Morgan fingerprint density at radius 2 is 1.80 bits per heavy atom. The van der Waals surface area contributed by atoms with Crippen LogP contribution in [0.5, 0.6) is 5.88 Å². The van der Waals surface area contributed by atoms with Gasteiger partial charge in [0.25, 0.3) is 5.91 Å². The highest BCUT2D eigenvalue weighted by Gasteiger charge is 2.27. The number of nitrogens with zero attached hydrogens (tertiary/aromatic N) is 3. The average molecular weight is 426 g/mol. The highest BCUT2D eigenvalue weighted by Crippen LogP contribution is 2.24. The van der Waals surface area contributed by atoms with Crippen LogP contribution >= 0.6 is 0 Å². The van der Waals surface area contributed by atoms with Gasteiger partial charge in [-0.2, -0.15) is 9.40 Å². The van der Waals surface area contributed by atoms with E-state index >= 15 is 0 Å². The van der Waals surface area contributed by atoms with Crippen molar-refractivity contribution >= 4 is 32.4 Å². The van der Waals surface area contributed by atoms with Gasteiger partial charge in [-0.25, -0.2) is 8.42 Å². The first-order chi connectivity index (χ1) is 14.4. The van der Waals surface area contributed by atoms with E-state index in [0.717, 1.165) is 23.6 Å². The molecule has 4 rings (SSSR count). The van der Waals surface area contributed by atoms with Gasteiger partial charge >= 0.3 is 0 Å². The van der Waals surface area contributed by atoms with Crippen LogP contribution in [0.2, 0.25) is 0 Å². The SMILES string of the molecule is CC(Oc1nncc2ccccc12)C(=O)Nc1ccc(S(=O)(=O)N2CCCC2)cc1. The largest absolute Gasteiger partial charge is 0.463 e. The highest BCUT2D eigenvalue weighted by molar-refractivity contribution is 7.89. The predicted molar refractivity (Wildman–Crippen MR) is 113 cm³/mol. The number of ether oxygens (including phenoxy) is 1. The lowest BCUT2D eigenvalue weighted by Crippen LogP contribution is -2.30. The van der Waals surface area contributed by atoms with Crippen molar-refractivity contribution in [1.82, 2.24) is 14.5 Å². The number of nitrogens with one attached hydrogen (secondary N) is 1. The number of carbonyl (C=O) groups excluding carboxylic acids is 1. The number of fused-ring (bicyclic) bond motifs is 1. The quantitative estimate of drug-likeness (QED) is 0.650. The molecule has 1 N–H and O–H groups in total. The average Bonchev–Trinajstić information content (AvgIpc) is 3.30. The zero-order chi connectivity index (χ0) is 21.1. The molecular formula is C21H22N4O4S. The van der Waals surface area contributed by atoms with E-state index in [9.17, 15) is 13.2 Å². The van der Waals surface area contributed by atoms with Crippen LogP contribution < -0.4 is 10.1 Å². The molecule has 1 saturated heterocycles. The van der Waals surface area contributed by atoms with Crippen molar-refractivity contribution in [3.8, 4) is 5.88 Å². The number of hydrogen-bond acceptors (Lipinski definition) is 6. The lowest BCUT2D eigenvalue weighted by molar-refractivity contribution is -0.122. The third-order valence-electron chi connectivity index (χ3n) is 5.02. The minimum atomic E-state index is -3.48. The molecule has 0 radical (unpaired) electrons. The van der Waals surface area contributed by atoms with Crippen LogP contribution in [0.15, 0.2) is 59.6 Å². The van der Waals surface area contributed by atoms with Crippen LogP contribution in [0, 0.1) is 0 Å². The van der Waals surface area contributed by atoms with E-state index in [1.807, 2.05) is 24.3 Å². The molecule has 1 atom stereocenters. The van der Waals surface area contributed by atoms with Crippen LogP contribution in [-0.4, -0.2) is 48.0 Å². The molecule has 3 aromatic rings. The first kappa shape index (κ1) is 20.2. The summed E-state index contributed by atoms with van der Waals surface area (Å²) in [5, 5.41) is 12.3. The van der Waals surface area contributed by atoms with Gasteiger partial charge in [0.05, 0.1) is 11.1 Å². The highest BCUT2D eigenvalue weighted by atomic mass is 32.2. The van der Waals surface area contributed by atoms with E-state index < -0.39 is 16.1 Å². The number of rotatable bonds is 6. The number of hydrogen-bond donors (Lipinski definition) is 1. The van der Waals surface area contributed by atoms with Gasteiger partial charge in [-0.05, 0) is 50.1 Å². The lowest BCUT2D eigenvalue weighted by atomic mass is 10.2. The molecule has 8 nitrogen and oxygen atoms in total. The van der Waals surface area contributed by atoms with E-state index in [1.54, 1.807) is 25.3 Å². The minimum absolute atomic E-state index is 0.220. The maximum atomic E-state index is 12.6. The fourth-order valence-corrected chi connectivity index (χ4v) is 4.86. The van der Waals surface area contributed by atoms with Crippen LogP contribution in [0.4, 0.5) is 5.69 Å². The van der Waals surface area contributed by atoms with Crippen molar-refractivity contribution in [3.63, 3.8) is 0 Å². The molecule has 1 aliphatic rings. The Balaban J connectivity index is 1.43. The smallest absolute Gasteiger partial charge is 0.265 e. The molecule has 2 heterocycles. The fourth-order valence-electron chi connectivity index (χ4n) is 3.34. The number of anilines is 1. The Kier molecular flexibility index (Phi) is 5.65. The summed E-state index contributed by atoms with van der Waals surface area (Å²) in [6.45, 7) is 2.71. The Hall–Kier alpha value is -3.04. The Morgan fingerprint density at radius 1 is 1.10 bits per heavy atom. The lowest BCUT2D eigenvalue weighted by Gasteiger charge is -2.17. The summed E-state index contributed by atoms with van der Waals surface area (Å²) >= 11 is 0. The minimum Gasteiger partial charge on any atom is -0.463 e. The summed E-state index contributed by atoms with van der Waals surface area (Å²) in [5.41, 5.74) is 0.486.